The quantitative estimate of drug-likeness (QED) is 0.186. The number of aliphatic hydroxyl groups excluding tert-OH is 3. The minimum Gasteiger partial charge on any atom is -0.465 e. The summed E-state index contributed by atoms with van der Waals surface area (Å²) in [5.41, 5.74) is 3.66. The Morgan fingerprint density at radius 1 is 1.12 bits per heavy atom. The summed E-state index contributed by atoms with van der Waals surface area (Å²) in [7, 11) is 1.36. The third kappa shape index (κ3) is 5.47. The van der Waals surface area contributed by atoms with Gasteiger partial charge in [0.15, 0.2) is 0 Å². The third-order valence-corrected chi connectivity index (χ3v) is 8.97. The van der Waals surface area contributed by atoms with Crippen LogP contribution in [-0.4, -0.2) is 73.2 Å². The largest absolute Gasteiger partial charge is 0.465 e. The van der Waals surface area contributed by atoms with Gasteiger partial charge in [0.25, 0.3) is 0 Å². The Morgan fingerprint density at radius 3 is 2.56 bits per heavy atom. The van der Waals surface area contributed by atoms with E-state index in [1.807, 2.05) is 25.1 Å². The number of aryl methyl sites for hydroxylation is 1. The normalized spacial score (nSPS) is 23.0. The van der Waals surface area contributed by atoms with Crippen molar-refractivity contribution in [1.29, 1.82) is 0 Å². The molecular formula is C29H32N6O5S. The Bertz CT molecular complexity index is 1530. The lowest BCUT2D eigenvalue weighted by molar-refractivity contribution is 0.00446. The van der Waals surface area contributed by atoms with Gasteiger partial charge >= 0.3 is 5.97 Å². The fourth-order valence-corrected chi connectivity index (χ4v) is 6.53. The van der Waals surface area contributed by atoms with Crippen molar-refractivity contribution in [2.24, 2.45) is 11.8 Å². The number of anilines is 2. The first kappa shape index (κ1) is 27.5. The Balaban J connectivity index is 1.36. The zero-order chi connectivity index (χ0) is 28.7. The van der Waals surface area contributed by atoms with Crippen LogP contribution < -0.4 is 10.6 Å². The number of ether oxygens (including phenoxy) is 1. The smallest absolute Gasteiger partial charge is 0.337 e. The molecule has 5 atom stereocenters. The highest BCUT2D eigenvalue weighted by atomic mass is 32.1. The number of nitrogens with one attached hydrogen (secondary N) is 2. The van der Waals surface area contributed by atoms with Crippen molar-refractivity contribution in [3.05, 3.63) is 59.5 Å². The van der Waals surface area contributed by atoms with Crippen LogP contribution in [0.2, 0.25) is 0 Å². The maximum atomic E-state index is 11.9. The first-order chi connectivity index (χ1) is 19.9. The maximum Gasteiger partial charge on any atom is 0.337 e. The molecular weight excluding hydrogens is 544 g/mol. The maximum absolute atomic E-state index is 11.9. The molecule has 12 heteroatoms. The number of aliphatic hydroxyl groups is 3. The fourth-order valence-electron chi connectivity index (χ4n) is 5.50. The Kier molecular flexibility index (Phi) is 7.56. The highest BCUT2D eigenvalue weighted by Crippen LogP contribution is 2.43. The first-order valence-corrected chi connectivity index (χ1v) is 14.5. The van der Waals surface area contributed by atoms with Crippen LogP contribution >= 0.6 is 11.3 Å². The number of pyridine rings is 1. The lowest BCUT2D eigenvalue weighted by atomic mass is 10.0. The zero-order valence-corrected chi connectivity index (χ0v) is 23.5. The molecule has 41 heavy (non-hydrogen) atoms. The highest BCUT2D eigenvalue weighted by molar-refractivity contribution is 7.21. The third-order valence-electron chi connectivity index (χ3n) is 7.92. The van der Waals surface area contributed by atoms with Gasteiger partial charge in [0.2, 0.25) is 5.95 Å². The van der Waals surface area contributed by atoms with Gasteiger partial charge < -0.3 is 30.7 Å². The molecule has 6 rings (SSSR count). The van der Waals surface area contributed by atoms with Crippen LogP contribution in [0.3, 0.4) is 0 Å². The Morgan fingerprint density at radius 2 is 1.90 bits per heavy atom. The van der Waals surface area contributed by atoms with Crippen molar-refractivity contribution in [2.75, 3.05) is 24.4 Å². The van der Waals surface area contributed by atoms with Crippen LogP contribution in [0, 0.1) is 18.8 Å². The number of hydrogen-bond acceptors (Lipinski definition) is 12. The van der Waals surface area contributed by atoms with Gasteiger partial charge in [-0.25, -0.2) is 14.8 Å². The lowest BCUT2D eigenvalue weighted by Gasteiger charge is -2.23. The topological polar surface area (TPSA) is 163 Å². The molecule has 0 radical (unpaired) electrons. The number of esters is 1. The van der Waals surface area contributed by atoms with Gasteiger partial charge in [-0.2, -0.15) is 4.98 Å². The second kappa shape index (κ2) is 11.3. The zero-order valence-electron chi connectivity index (χ0n) is 22.7. The molecule has 2 aliphatic carbocycles. The number of methoxy groups -OCH3 is 1. The lowest BCUT2D eigenvalue weighted by Crippen LogP contribution is -2.35. The summed E-state index contributed by atoms with van der Waals surface area (Å²) in [6, 6.07) is 8.67. The highest BCUT2D eigenvalue weighted by Gasteiger charge is 2.42. The van der Waals surface area contributed by atoms with Crippen LogP contribution in [0.5, 0.6) is 0 Å². The van der Waals surface area contributed by atoms with Crippen molar-refractivity contribution in [3.8, 4) is 10.6 Å². The van der Waals surface area contributed by atoms with E-state index >= 15 is 0 Å². The number of nitrogens with zero attached hydrogens (tertiary/aromatic N) is 4. The minimum absolute atomic E-state index is 0.0639. The van der Waals surface area contributed by atoms with E-state index in [0.29, 0.717) is 45.9 Å². The molecule has 4 aromatic rings. The Hall–Kier alpha value is -3.71. The molecule has 1 unspecified atom stereocenters. The molecule has 0 bridgehead atoms. The van der Waals surface area contributed by atoms with Crippen molar-refractivity contribution >= 4 is 39.3 Å². The molecule has 11 nitrogen and oxygen atoms in total. The van der Waals surface area contributed by atoms with E-state index in [1.165, 1.54) is 18.4 Å². The van der Waals surface area contributed by atoms with Gasteiger partial charge in [-0.15, -0.1) is 11.3 Å². The number of carbonyl (C=O) groups excluding carboxylic acids is 1. The first-order valence-electron chi connectivity index (χ1n) is 13.6. The summed E-state index contributed by atoms with van der Waals surface area (Å²) in [5, 5.41) is 38.5. The predicted octanol–water partition coefficient (Wildman–Crippen LogP) is 3.32. The predicted molar refractivity (Wildman–Crippen MR) is 155 cm³/mol. The van der Waals surface area contributed by atoms with Gasteiger partial charge in [0.1, 0.15) is 22.4 Å². The Labute approximate surface area is 240 Å². The van der Waals surface area contributed by atoms with Gasteiger partial charge in [-0.05, 0) is 55.9 Å². The van der Waals surface area contributed by atoms with Gasteiger partial charge in [0, 0.05) is 18.7 Å². The molecule has 1 aromatic carbocycles. The molecule has 0 aliphatic heterocycles. The van der Waals surface area contributed by atoms with Crippen LogP contribution in [0.25, 0.3) is 20.8 Å². The minimum atomic E-state index is -1.07. The van der Waals surface area contributed by atoms with Crippen molar-refractivity contribution in [3.63, 3.8) is 0 Å². The van der Waals surface area contributed by atoms with E-state index in [4.69, 9.17) is 19.7 Å². The van der Waals surface area contributed by atoms with E-state index in [1.54, 1.807) is 24.5 Å². The summed E-state index contributed by atoms with van der Waals surface area (Å²) in [4.78, 5) is 30.6. The molecule has 3 aromatic heterocycles. The van der Waals surface area contributed by atoms with E-state index in [2.05, 4.69) is 15.6 Å². The molecule has 3 heterocycles. The summed E-state index contributed by atoms with van der Waals surface area (Å²) in [6.07, 6.45) is 3.83. The average Bonchev–Trinajstić information content (AvgIpc) is 3.68. The number of rotatable bonds is 9. The van der Waals surface area contributed by atoms with E-state index < -0.39 is 24.2 Å². The number of fused-ring (bicyclic) bond motifs is 1. The van der Waals surface area contributed by atoms with Crippen LogP contribution in [0.15, 0.2) is 42.7 Å². The molecule has 2 fully saturated rings. The standard InChI is InChI=1S/C29H32N6O5S/c1-14-22(27-33-20-12-30-10-9-21(20)41-27)26(32-19-11-18(13-36)24(37)25(19)38)35-29(31-14)34-23(15-3-4-15)16-5-7-17(8-6-16)28(39)40-2/h5-10,12,15,18-19,23-25,36-38H,3-4,11,13H2,1-2H3,(H2,31,32,34,35)/t18-,19?,23-,24-,25+/m1/s1. The number of benzene rings is 1. The van der Waals surface area contributed by atoms with Gasteiger partial charge in [0.05, 0.1) is 53.0 Å². The van der Waals surface area contributed by atoms with Crippen molar-refractivity contribution in [2.45, 2.75) is 50.5 Å². The molecule has 0 saturated heterocycles. The molecule has 2 saturated carbocycles. The second-order valence-corrected chi connectivity index (χ2v) is 11.7. The summed E-state index contributed by atoms with van der Waals surface area (Å²) >= 11 is 1.50. The van der Waals surface area contributed by atoms with Crippen LogP contribution in [0.4, 0.5) is 11.8 Å². The monoisotopic (exact) mass is 576 g/mol. The number of aromatic nitrogens is 4. The molecule has 2 aliphatic rings. The summed E-state index contributed by atoms with van der Waals surface area (Å²) < 4.78 is 5.81. The summed E-state index contributed by atoms with van der Waals surface area (Å²) in [6.45, 7) is 1.67. The van der Waals surface area contributed by atoms with E-state index in [9.17, 15) is 20.1 Å². The number of carbonyl (C=O) groups is 1. The van der Waals surface area contributed by atoms with Crippen LogP contribution in [-0.2, 0) is 4.74 Å². The molecule has 214 valence electrons. The molecule has 5 N–H and O–H groups in total. The number of hydrogen-bond donors (Lipinski definition) is 5. The molecule has 0 spiro atoms. The molecule has 0 amide bonds. The second-order valence-electron chi connectivity index (χ2n) is 10.7. The van der Waals surface area contributed by atoms with Gasteiger partial charge in [-0.3, -0.25) is 4.98 Å². The van der Waals surface area contributed by atoms with Crippen molar-refractivity contribution < 1.29 is 24.9 Å². The average molecular weight is 577 g/mol. The van der Waals surface area contributed by atoms with E-state index in [0.717, 1.165) is 28.6 Å². The van der Waals surface area contributed by atoms with Crippen LogP contribution in [0.1, 0.15) is 46.9 Å². The fraction of sp³-hybridized carbons (Fsp3) is 0.414. The SMILES string of the molecule is COC(=O)c1ccc([C@H](Nc2nc(C)c(-c3nc4cnccc4s3)c(NC3C[C@H](CO)[C@@H](O)[C@H]3O)n2)C2CC2)cc1. The van der Waals surface area contributed by atoms with Gasteiger partial charge in [-0.1, -0.05) is 12.1 Å². The summed E-state index contributed by atoms with van der Waals surface area (Å²) in [5.74, 6) is 0.473. The van der Waals surface area contributed by atoms with Crippen molar-refractivity contribution in [1.82, 2.24) is 19.9 Å². The van der Waals surface area contributed by atoms with E-state index in [-0.39, 0.29) is 18.6 Å². The number of thiazole rings is 1.